The van der Waals surface area contributed by atoms with Crippen molar-refractivity contribution in [2.75, 3.05) is 0 Å². The van der Waals surface area contributed by atoms with Gasteiger partial charge in [-0.15, -0.1) is 0 Å². The number of hydrogen-bond donors (Lipinski definition) is 0. The number of rotatable bonds is 0. The van der Waals surface area contributed by atoms with Gasteiger partial charge in [-0.25, -0.2) is 24.0 Å². The monoisotopic (exact) mass is 709 g/mol. The van der Waals surface area contributed by atoms with E-state index in [2.05, 4.69) is 178 Å². The normalized spacial score (nSPS) is 12.2. The van der Waals surface area contributed by atoms with Gasteiger partial charge in [0.1, 0.15) is 18.3 Å². The molecule has 1 aromatic carbocycles. The van der Waals surface area contributed by atoms with E-state index in [9.17, 15) is 0 Å². The highest BCUT2D eigenvalue weighted by molar-refractivity contribution is 5.79. The van der Waals surface area contributed by atoms with Crippen LogP contribution in [-0.2, 0) is 21.7 Å². The standard InChI is InChI=1S/C13H15N.C11H14N2.2C10H13N3/c1-13(2,3)11-6-7-12-10(9-11)5-4-8-14-12;1-11(2,3)9-4-5-10-12-6-7-13(10)8-9;1-10(2,3)8-4-5-13-9(6-8)11-7-12-13;1-10(2,3)8-4-5-9-11-7-12-13(9)6-8/h4-9H,1-3H3;4-8H,1-3H3;2*4-7H,1-3H3. The van der Waals surface area contributed by atoms with Gasteiger partial charge in [0, 0.05) is 42.6 Å². The van der Waals surface area contributed by atoms with Crippen LogP contribution in [0, 0.1) is 0 Å². The van der Waals surface area contributed by atoms with Gasteiger partial charge in [0.05, 0.1) is 5.52 Å². The molecular formula is C44H55N9. The van der Waals surface area contributed by atoms with Crippen molar-refractivity contribution in [1.82, 2.24) is 43.6 Å². The van der Waals surface area contributed by atoms with Crippen molar-refractivity contribution in [3.63, 3.8) is 0 Å². The summed E-state index contributed by atoms with van der Waals surface area (Å²) in [4.78, 5) is 16.7. The summed E-state index contributed by atoms with van der Waals surface area (Å²) < 4.78 is 5.64. The Bertz CT molecular complexity index is 2200. The summed E-state index contributed by atoms with van der Waals surface area (Å²) in [6, 6.07) is 23.0. The van der Waals surface area contributed by atoms with Crippen LogP contribution in [0.5, 0.6) is 0 Å². The lowest BCUT2D eigenvalue weighted by molar-refractivity contribution is 0.584. The summed E-state index contributed by atoms with van der Waals surface area (Å²) in [7, 11) is 0. The van der Waals surface area contributed by atoms with Crippen LogP contribution in [0.25, 0.3) is 27.8 Å². The predicted octanol–water partition coefficient (Wildman–Crippen LogP) is 10.2. The van der Waals surface area contributed by atoms with Crippen molar-refractivity contribution < 1.29 is 0 Å². The molecule has 276 valence electrons. The molecule has 0 aliphatic heterocycles. The summed E-state index contributed by atoms with van der Waals surface area (Å²) in [5.41, 5.74) is 9.89. The zero-order chi connectivity index (χ0) is 38.6. The molecule has 0 aliphatic rings. The summed E-state index contributed by atoms with van der Waals surface area (Å²) in [6.07, 6.45) is 14.9. The maximum atomic E-state index is 4.30. The van der Waals surface area contributed by atoms with Crippen molar-refractivity contribution in [3.8, 4) is 0 Å². The molecular weight excluding hydrogens is 655 g/mol. The molecule has 9 nitrogen and oxygen atoms in total. The second kappa shape index (κ2) is 15.3. The molecule has 0 N–H and O–H groups in total. The van der Waals surface area contributed by atoms with Crippen LogP contribution in [0.1, 0.15) is 105 Å². The first-order valence-corrected chi connectivity index (χ1v) is 18.2. The molecule has 0 saturated heterocycles. The van der Waals surface area contributed by atoms with E-state index in [1.807, 2.05) is 43.1 Å². The molecule has 9 heteroatoms. The Hall–Kier alpha value is -5.44. The van der Waals surface area contributed by atoms with Gasteiger partial charge in [-0.2, -0.15) is 10.2 Å². The van der Waals surface area contributed by atoms with Crippen LogP contribution < -0.4 is 0 Å². The first-order chi connectivity index (χ1) is 24.8. The number of benzene rings is 1. The molecule has 7 aromatic heterocycles. The van der Waals surface area contributed by atoms with Gasteiger partial charge < -0.3 is 4.40 Å². The van der Waals surface area contributed by atoms with E-state index in [-0.39, 0.29) is 21.7 Å². The Kier molecular flexibility index (Phi) is 11.2. The maximum absolute atomic E-state index is 4.30. The van der Waals surface area contributed by atoms with Crippen molar-refractivity contribution in [1.29, 1.82) is 0 Å². The highest BCUT2D eigenvalue weighted by Gasteiger charge is 2.16. The quantitative estimate of drug-likeness (QED) is 0.156. The number of aromatic nitrogens is 9. The van der Waals surface area contributed by atoms with Crippen LogP contribution >= 0.6 is 0 Å². The Morgan fingerprint density at radius 3 is 1.66 bits per heavy atom. The second-order valence-corrected chi connectivity index (χ2v) is 17.5. The fourth-order valence-corrected chi connectivity index (χ4v) is 5.45. The molecule has 0 atom stereocenters. The smallest absolute Gasteiger partial charge is 0.155 e. The van der Waals surface area contributed by atoms with Crippen molar-refractivity contribution in [2.24, 2.45) is 0 Å². The van der Waals surface area contributed by atoms with Crippen LogP contribution in [0.3, 0.4) is 0 Å². The van der Waals surface area contributed by atoms with E-state index in [0.717, 1.165) is 22.5 Å². The third kappa shape index (κ3) is 10.1. The topological polar surface area (TPSA) is 90.6 Å². The minimum Gasteiger partial charge on any atom is -0.307 e. The van der Waals surface area contributed by atoms with E-state index in [1.165, 1.54) is 27.6 Å². The second-order valence-electron chi connectivity index (χ2n) is 17.5. The Morgan fingerprint density at radius 1 is 0.434 bits per heavy atom. The van der Waals surface area contributed by atoms with Crippen molar-refractivity contribution in [3.05, 3.63) is 139 Å². The molecule has 0 fully saturated rings. The van der Waals surface area contributed by atoms with E-state index in [4.69, 9.17) is 0 Å². The van der Waals surface area contributed by atoms with Crippen LogP contribution in [0.4, 0.5) is 0 Å². The molecule has 0 radical (unpaired) electrons. The Balaban J connectivity index is 0.000000136. The van der Waals surface area contributed by atoms with E-state index in [1.54, 1.807) is 21.7 Å². The van der Waals surface area contributed by atoms with Gasteiger partial charge in [0.15, 0.2) is 11.3 Å². The average molecular weight is 710 g/mol. The fraction of sp³-hybridized carbons (Fsp3) is 0.364. The molecule has 0 amide bonds. The average Bonchev–Trinajstić information content (AvgIpc) is 3.87. The Labute approximate surface area is 314 Å². The van der Waals surface area contributed by atoms with Crippen LogP contribution in [0.2, 0.25) is 0 Å². The van der Waals surface area contributed by atoms with E-state index < -0.39 is 0 Å². The SMILES string of the molecule is CC(C)(C)c1ccc2ncccc2c1.CC(C)(C)c1ccc2nccn2c1.CC(C)(C)c1ccc2ncnn2c1.CC(C)(C)c1ccn2ncnc2c1. The lowest BCUT2D eigenvalue weighted by Gasteiger charge is -2.19. The van der Waals surface area contributed by atoms with Gasteiger partial charge in [0.25, 0.3) is 0 Å². The minimum atomic E-state index is 0.167. The van der Waals surface area contributed by atoms with Crippen molar-refractivity contribution >= 4 is 27.8 Å². The number of pyridine rings is 4. The molecule has 0 spiro atoms. The minimum absolute atomic E-state index is 0.167. The summed E-state index contributed by atoms with van der Waals surface area (Å²) in [5, 5.41) is 9.37. The predicted molar refractivity (Wildman–Crippen MR) is 218 cm³/mol. The largest absolute Gasteiger partial charge is 0.307 e. The lowest BCUT2D eigenvalue weighted by atomic mass is 9.86. The van der Waals surface area contributed by atoms with E-state index in [0.29, 0.717) is 0 Å². The maximum Gasteiger partial charge on any atom is 0.155 e. The highest BCUT2D eigenvalue weighted by atomic mass is 15.3. The van der Waals surface area contributed by atoms with Gasteiger partial charge in [-0.05, 0) is 86.4 Å². The Morgan fingerprint density at radius 2 is 1.00 bits per heavy atom. The van der Waals surface area contributed by atoms with Gasteiger partial charge in [0.2, 0.25) is 0 Å². The van der Waals surface area contributed by atoms with Gasteiger partial charge >= 0.3 is 0 Å². The number of fused-ring (bicyclic) bond motifs is 4. The molecule has 8 aromatic rings. The number of nitrogens with zero attached hydrogens (tertiary/aromatic N) is 9. The molecule has 8 rings (SSSR count). The first kappa shape index (κ1) is 38.8. The third-order valence-electron chi connectivity index (χ3n) is 9.01. The molecule has 53 heavy (non-hydrogen) atoms. The summed E-state index contributed by atoms with van der Waals surface area (Å²) in [5.74, 6) is 0. The molecule has 0 unspecified atom stereocenters. The summed E-state index contributed by atoms with van der Waals surface area (Å²) >= 11 is 0. The molecule has 0 bridgehead atoms. The van der Waals surface area contributed by atoms with E-state index >= 15 is 0 Å². The summed E-state index contributed by atoms with van der Waals surface area (Å²) in [6.45, 7) is 26.4. The first-order valence-electron chi connectivity index (χ1n) is 18.2. The van der Waals surface area contributed by atoms with Crippen LogP contribution in [-0.4, -0.2) is 43.6 Å². The van der Waals surface area contributed by atoms with Crippen molar-refractivity contribution in [2.45, 2.75) is 105 Å². The molecule has 0 saturated carbocycles. The van der Waals surface area contributed by atoms with Gasteiger partial charge in [-0.1, -0.05) is 107 Å². The fourth-order valence-electron chi connectivity index (χ4n) is 5.45. The zero-order valence-electron chi connectivity index (χ0n) is 33.5. The third-order valence-corrected chi connectivity index (χ3v) is 9.01. The molecule has 0 aliphatic carbocycles. The number of imidazole rings is 1. The lowest BCUT2D eigenvalue weighted by Crippen LogP contribution is -2.12. The highest BCUT2D eigenvalue weighted by Crippen LogP contribution is 2.26. The van der Waals surface area contributed by atoms with Crippen LogP contribution in [0.15, 0.2) is 117 Å². The van der Waals surface area contributed by atoms with Gasteiger partial charge in [-0.3, -0.25) is 4.98 Å². The number of hydrogen-bond acceptors (Lipinski definition) is 6. The zero-order valence-corrected chi connectivity index (χ0v) is 33.5. The molecule has 7 heterocycles.